The first kappa shape index (κ1) is 23.6. The summed E-state index contributed by atoms with van der Waals surface area (Å²) in [5, 5.41) is 14.6. The Morgan fingerprint density at radius 2 is 1.82 bits per heavy atom. The van der Waals surface area contributed by atoms with Crippen LogP contribution in [-0.2, 0) is 0 Å². The van der Waals surface area contributed by atoms with E-state index in [2.05, 4.69) is 20.9 Å². The van der Waals surface area contributed by atoms with Crippen molar-refractivity contribution < 1.29 is 19.1 Å². The standard InChI is InChI=1S/C24H26ClN5O4/c1-3-26-23(31)16-4-11-21(34-13-12-33-19-9-5-17(25)6-10-19)20(14-16)30-15(2)22(28-29-30)24(32)27-18-7-8-18/h4-6,9-11,14,18H,3,7-8,12-13H2,1-2H3,(H,26,31)(H,27,32). The average molecular weight is 484 g/mol. The van der Waals surface area contributed by atoms with E-state index >= 15 is 0 Å². The molecule has 0 radical (unpaired) electrons. The minimum Gasteiger partial charge on any atom is -0.490 e. The van der Waals surface area contributed by atoms with E-state index in [1.165, 1.54) is 4.68 Å². The second-order valence-corrected chi connectivity index (χ2v) is 8.31. The number of amides is 2. The molecule has 4 rings (SSSR count). The summed E-state index contributed by atoms with van der Waals surface area (Å²) in [6.07, 6.45) is 1.95. The molecule has 3 aromatic rings. The van der Waals surface area contributed by atoms with E-state index in [4.69, 9.17) is 21.1 Å². The predicted octanol–water partition coefficient (Wildman–Crippen LogP) is 3.33. The van der Waals surface area contributed by atoms with Gasteiger partial charge in [0, 0.05) is 23.2 Å². The molecular weight excluding hydrogens is 458 g/mol. The number of ether oxygens (including phenoxy) is 2. The Morgan fingerprint density at radius 3 is 2.53 bits per heavy atom. The number of carbonyl (C=O) groups is 2. The van der Waals surface area contributed by atoms with Crippen molar-refractivity contribution in [2.45, 2.75) is 32.7 Å². The Labute approximate surface area is 202 Å². The zero-order valence-electron chi connectivity index (χ0n) is 19.0. The molecule has 1 aromatic heterocycles. The third kappa shape index (κ3) is 5.66. The van der Waals surface area contributed by atoms with Crippen LogP contribution in [0.3, 0.4) is 0 Å². The van der Waals surface area contributed by atoms with Gasteiger partial charge in [-0.25, -0.2) is 4.68 Å². The molecule has 0 atom stereocenters. The minimum atomic E-state index is -0.259. The predicted molar refractivity (Wildman–Crippen MR) is 127 cm³/mol. The van der Waals surface area contributed by atoms with Crippen LogP contribution in [0.1, 0.15) is 46.3 Å². The lowest BCUT2D eigenvalue weighted by atomic mass is 10.1. The Balaban J connectivity index is 1.54. The largest absolute Gasteiger partial charge is 0.490 e. The Morgan fingerprint density at radius 1 is 1.09 bits per heavy atom. The summed E-state index contributed by atoms with van der Waals surface area (Å²) in [6.45, 7) is 4.66. The lowest BCUT2D eigenvalue weighted by Gasteiger charge is -2.14. The van der Waals surface area contributed by atoms with Gasteiger partial charge in [-0.05, 0) is 69.2 Å². The van der Waals surface area contributed by atoms with Gasteiger partial charge in [0.15, 0.2) is 5.69 Å². The number of rotatable bonds is 10. The minimum absolute atomic E-state index is 0.206. The van der Waals surface area contributed by atoms with Crippen LogP contribution >= 0.6 is 11.6 Å². The van der Waals surface area contributed by atoms with Crippen LogP contribution < -0.4 is 20.1 Å². The number of hydrogen-bond acceptors (Lipinski definition) is 6. The molecule has 0 spiro atoms. The van der Waals surface area contributed by atoms with E-state index in [9.17, 15) is 9.59 Å². The van der Waals surface area contributed by atoms with Crippen molar-refractivity contribution in [2.24, 2.45) is 0 Å². The zero-order valence-corrected chi connectivity index (χ0v) is 19.8. The molecule has 1 aliphatic rings. The molecule has 2 aromatic carbocycles. The summed E-state index contributed by atoms with van der Waals surface area (Å²) in [6, 6.07) is 12.3. The van der Waals surface area contributed by atoms with Gasteiger partial charge in [-0.3, -0.25) is 9.59 Å². The monoisotopic (exact) mass is 483 g/mol. The summed E-state index contributed by atoms with van der Waals surface area (Å²) in [5.74, 6) is 0.684. The van der Waals surface area contributed by atoms with Gasteiger partial charge in [0.1, 0.15) is 30.4 Å². The number of benzene rings is 2. The molecule has 2 amide bonds. The van der Waals surface area contributed by atoms with Gasteiger partial charge in [0.2, 0.25) is 0 Å². The van der Waals surface area contributed by atoms with Gasteiger partial charge >= 0.3 is 0 Å². The van der Waals surface area contributed by atoms with Crippen molar-refractivity contribution in [1.29, 1.82) is 0 Å². The maximum Gasteiger partial charge on any atom is 0.273 e. The third-order valence-electron chi connectivity index (χ3n) is 5.23. The second kappa shape index (κ2) is 10.6. The van der Waals surface area contributed by atoms with Crippen molar-refractivity contribution >= 4 is 23.4 Å². The molecule has 1 saturated carbocycles. The van der Waals surface area contributed by atoms with Gasteiger partial charge in [-0.1, -0.05) is 16.8 Å². The van der Waals surface area contributed by atoms with Crippen LogP contribution in [0.2, 0.25) is 5.02 Å². The summed E-state index contributed by atoms with van der Waals surface area (Å²) in [7, 11) is 0. The Hall–Kier alpha value is -3.59. The maximum absolute atomic E-state index is 12.5. The molecule has 2 N–H and O–H groups in total. The maximum atomic E-state index is 12.5. The van der Waals surface area contributed by atoms with Crippen LogP contribution in [0.25, 0.3) is 5.69 Å². The highest BCUT2D eigenvalue weighted by atomic mass is 35.5. The van der Waals surface area contributed by atoms with Crippen LogP contribution in [0.5, 0.6) is 11.5 Å². The van der Waals surface area contributed by atoms with Crippen LogP contribution in [-0.4, -0.2) is 52.6 Å². The van der Waals surface area contributed by atoms with E-state index in [1.807, 2.05) is 6.92 Å². The molecule has 34 heavy (non-hydrogen) atoms. The fraction of sp³-hybridized carbons (Fsp3) is 0.333. The molecule has 1 aliphatic carbocycles. The number of carbonyl (C=O) groups excluding carboxylic acids is 2. The van der Waals surface area contributed by atoms with E-state index < -0.39 is 0 Å². The summed E-state index contributed by atoms with van der Waals surface area (Å²) in [5.41, 5.74) is 1.74. The first-order chi connectivity index (χ1) is 16.5. The number of nitrogens with zero attached hydrogens (tertiary/aromatic N) is 3. The van der Waals surface area contributed by atoms with Crippen LogP contribution in [0.4, 0.5) is 0 Å². The average Bonchev–Trinajstić information content (AvgIpc) is 3.56. The number of aromatic nitrogens is 3. The number of hydrogen-bond donors (Lipinski definition) is 2. The molecule has 0 aliphatic heterocycles. The lowest BCUT2D eigenvalue weighted by Crippen LogP contribution is -2.26. The molecular formula is C24H26ClN5O4. The highest BCUT2D eigenvalue weighted by Crippen LogP contribution is 2.27. The fourth-order valence-corrected chi connectivity index (χ4v) is 3.43. The quantitative estimate of drug-likeness (QED) is 0.428. The van der Waals surface area contributed by atoms with Crippen LogP contribution in [0.15, 0.2) is 42.5 Å². The van der Waals surface area contributed by atoms with Crippen molar-refractivity contribution in [3.8, 4) is 17.2 Å². The Bertz CT molecular complexity index is 1170. The summed E-state index contributed by atoms with van der Waals surface area (Å²) >= 11 is 5.90. The SMILES string of the molecule is CCNC(=O)c1ccc(OCCOc2ccc(Cl)cc2)c(-n2nnc(C(=O)NC3CC3)c2C)c1. The van der Waals surface area contributed by atoms with Crippen molar-refractivity contribution in [3.63, 3.8) is 0 Å². The summed E-state index contributed by atoms with van der Waals surface area (Å²) < 4.78 is 13.2. The van der Waals surface area contributed by atoms with Gasteiger partial charge in [0.05, 0.1) is 5.69 Å². The van der Waals surface area contributed by atoms with Gasteiger partial charge in [0.25, 0.3) is 11.8 Å². The topological polar surface area (TPSA) is 107 Å². The number of halogens is 1. The molecule has 0 unspecified atom stereocenters. The van der Waals surface area contributed by atoms with E-state index in [0.29, 0.717) is 46.6 Å². The van der Waals surface area contributed by atoms with E-state index in [0.717, 1.165) is 12.8 Å². The highest BCUT2D eigenvalue weighted by molar-refractivity contribution is 6.30. The number of nitrogens with one attached hydrogen (secondary N) is 2. The first-order valence-corrected chi connectivity index (χ1v) is 11.5. The normalized spacial score (nSPS) is 12.8. The van der Waals surface area contributed by atoms with Crippen molar-refractivity contribution in [1.82, 2.24) is 25.6 Å². The molecule has 1 heterocycles. The van der Waals surface area contributed by atoms with Gasteiger partial charge < -0.3 is 20.1 Å². The summed E-state index contributed by atoms with van der Waals surface area (Å²) in [4.78, 5) is 24.9. The molecule has 10 heteroatoms. The second-order valence-electron chi connectivity index (χ2n) is 7.88. The van der Waals surface area contributed by atoms with Crippen LogP contribution in [0, 0.1) is 6.92 Å². The van der Waals surface area contributed by atoms with E-state index in [-0.39, 0.29) is 30.2 Å². The molecule has 1 fully saturated rings. The van der Waals surface area contributed by atoms with Gasteiger partial charge in [-0.2, -0.15) is 0 Å². The lowest BCUT2D eigenvalue weighted by molar-refractivity contribution is 0.0940. The van der Waals surface area contributed by atoms with E-state index in [1.54, 1.807) is 49.4 Å². The van der Waals surface area contributed by atoms with Crippen molar-refractivity contribution in [2.75, 3.05) is 19.8 Å². The fourth-order valence-electron chi connectivity index (χ4n) is 3.30. The molecule has 178 valence electrons. The molecule has 9 nitrogen and oxygen atoms in total. The molecule has 0 bridgehead atoms. The molecule has 0 saturated heterocycles. The smallest absolute Gasteiger partial charge is 0.273 e. The third-order valence-corrected chi connectivity index (χ3v) is 5.48. The highest BCUT2D eigenvalue weighted by Gasteiger charge is 2.27. The van der Waals surface area contributed by atoms with Crippen molar-refractivity contribution in [3.05, 3.63) is 64.4 Å². The zero-order chi connectivity index (χ0) is 24.1. The van der Waals surface area contributed by atoms with Gasteiger partial charge in [-0.15, -0.1) is 5.10 Å². The Kier molecular flexibility index (Phi) is 7.32. The first-order valence-electron chi connectivity index (χ1n) is 11.1.